The fourth-order valence-electron chi connectivity index (χ4n) is 7.43. The number of methoxy groups -OCH3 is 2. The summed E-state index contributed by atoms with van der Waals surface area (Å²) >= 11 is 0. The fraction of sp³-hybridized carbons (Fsp3) is 0.302. The molecule has 2 aliphatic rings. The molecule has 0 saturated heterocycles. The molecule has 4 aromatic carbocycles. The van der Waals surface area contributed by atoms with E-state index in [1.807, 2.05) is 30.3 Å². The minimum absolute atomic E-state index is 0.254. The first kappa shape index (κ1) is 37.7. The molecule has 10 heteroatoms. The van der Waals surface area contributed by atoms with E-state index in [0.29, 0.717) is 18.9 Å². The summed E-state index contributed by atoms with van der Waals surface area (Å²) < 4.78 is 11.1. The van der Waals surface area contributed by atoms with E-state index in [1.165, 1.54) is 44.5 Å². The maximum atomic E-state index is 11.4. The molecule has 4 aromatic rings. The van der Waals surface area contributed by atoms with Gasteiger partial charge in [-0.05, 0) is 105 Å². The number of aliphatic hydroxyl groups is 2. The number of benzene rings is 4. The Morgan fingerprint density at radius 2 is 1.15 bits per heavy atom. The first-order valence-corrected chi connectivity index (χ1v) is 17.8. The van der Waals surface area contributed by atoms with Crippen LogP contribution in [0.4, 0.5) is 0 Å². The molecule has 0 fully saturated rings. The van der Waals surface area contributed by atoms with Crippen molar-refractivity contribution in [1.29, 1.82) is 0 Å². The number of aliphatic carboxylic acids is 2. The largest absolute Gasteiger partial charge is 0.496 e. The van der Waals surface area contributed by atoms with Gasteiger partial charge in [-0.2, -0.15) is 0 Å². The second kappa shape index (κ2) is 17.2. The second-order valence-corrected chi connectivity index (χ2v) is 13.4. The molecular weight excluding hydrogens is 672 g/mol. The Hall–Kier alpha value is -5.10. The molecule has 2 atom stereocenters. The second-order valence-electron chi connectivity index (χ2n) is 13.4. The number of fused-ring (bicyclic) bond motifs is 2. The maximum absolute atomic E-state index is 11.4. The first-order chi connectivity index (χ1) is 25.7. The van der Waals surface area contributed by atoms with Gasteiger partial charge in [-0.1, -0.05) is 72.8 Å². The summed E-state index contributed by atoms with van der Waals surface area (Å²) in [6.45, 7) is -0.0379. The monoisotopic (exact) mass is 718 g/mol. The van der Waals surface area contributed by atoms with Crippen LogP contribution in [0, 0.1) is 0 Å². The standard InChI is InChI=1S/C43H46N2O8/c1-52-25-32-19-26(9-11-30(32)21-44-39(23-46)42(48)49)17-28-13-15-37-33(28)5-3-7-35(37)36-8-4-6-34-29(14-16-38(34)36)18-27-10-12-31(41(20-27)53-2)22-45-40(24-47)43(50)51/h3-12,17-20,39-40,44-47H,13-16,21-25H2,1-2H3,(H,48,49)(H,50,51)/b28-17+,29-18+/t39-,40-/m0/s1. The van der Waals surface area contributed by atoms with E-state index in [2.05, 4.69) is 65.3 Å². The fourth-order valence-corrected chi connectivity index (χ4v) is 7.43. The van der Waals surface area contributed by atoms with Crippen LogP contribution in [0.5, 0.6) is 5.75 Å². The number of rotatable bonds is 16. The van der Waals surface area contributed by atoms with Crippen molar-refractivity contribution in [2.45, 2.75) is 57.5 Å². The van der Waals surface area contributed by atoms with Gasteiger partial charge in [0.1, 0.15) is 17.8 Å². The Morgan fingerprint density at radius 1 is 0.660 bits per heavy atom. The SMILES string of the molecule is COCc1cc(/C=C2\CCc3c2cccc3-c2cccc3c2CC/C3=C\c2ccc(CN[C@@H](CO)C(=O)O)c(OC)c2)ccc1CN[C@@H](CO)C(=O)O. The lowest BCUT2D eigenvalue weighted by Crippen LogP contribution is -2.39. The van der Waals surface area contributed by atoms with E-state index in [4.69, 9.17) is 9.47 Å². The van der Waals surface area contributed by atoms with Gasteiger partial charge in [0.25, 0.3) is 0 Å². The van der Waals surface area contributed by atoms with Crippen molar-refractivity contribution in [3.63, 3.8) is 0 Å². The van der Waals surface area contributed by atoms with Crippen LogP contribution in [0.3, 0.4) is 0 Å². The van der Waals surface area contributed by atoms with E-state index in [0.717, 1.165) is 53.5 Å². The van der Waals surface area contributed by atoms with Crippen molar-refractivity contribution in [3.8, 4) is 16.9 Å². The highest BCUT2D eigenvalue weighted by atomic mass is 16.5. The Bertz CT molecular complexity index is 2050. The molecule has 0 aliphatic heterocycles. The minimum Gasteiger partial charge on any atom is -0.496 e. The van der Waals surface area contributed by atoms with Crippen molar-refractivity contribution in [2.24, 2.45) is 0 Å². The smallest absolute Gasteiger partial charge is 0.323 e. The summed E-state index contributed by atoms with van der Waals surface area (Å²) in [6.07, 6.45) is 8.17. The lowest BCUT2D eigenvalue weighted by molar-refractivity contribution is -0.141. The summed E-state index contributed by atoms with van der Waals surface area (Å²) in [5.41, 5.74) is 15.0. The molecule has 53 heavy (non-hydrogen) atoms. The topological polar surface area (TPSA) is 158 Å². The highest BCUT2D eigenvalue weighted by molar-refractivity contribution is 5.92. The minimum atomic E-state index is -1.10. The van der Waals surface area contributed by atoms with Gasteiger partial charge < -0.3 is 29.9 Å². The highest BCUT2D eigenvalue weighted by Gasteiger charge is 2.25. The van der Waals surface area contributed by atoms with Crippen LogP contribution >= 0.6 is 0 Å². The molecular formula is C43H46N2O8. The van der Waals surface area contributed by atoms with Crippen molar-refractivity contribution in [2.75, 3.05) is 27.4 Å². The van der Waals surface area contributed by atoms with Gasteiger partial charge in [-0.25, -0.2) is 0 Å². The summed E-state index contributed by atoms with van der Waals surface area (Å²) in [5.74, 6) is -1.54. The number of hydrogen-bond acceptors (Lipinski definition) is 8. The highest BCUT2D eigenvalue weighted by Crippen LogP contribution is 2.44. The van der Waals surface area contributed by atoms with Crippen LogP contribution in [0.25, 0.3) is 34.4 Å². The predicted molar refractivity (Wildman–Crippen MR) is 205 cm³/mol. The van der Waals surface area contributed by atoms with Crippen molar-refractivity contribution >= 4 is 35.2 Å². The van der Waals surface area contributed by atoms with Crippen LogP contribution < -0.4 is 15.4 Å². The first-order valence-electron chi connectivity index (χ1n) is 17.8. The Balaban J connectivity index is 1.24. The third-order valence-electron chi connectivity index (χ3n) is 10.2. The predicted octanol–water partition coefficient (Wildman–Crippen LogP) is 5.55. The van der Waals surface area contributed by atoms with E-state index in [9.17, 15) is 30.0 Å². The van der Waals surface area contributed by atoms with E-state index in [1.54, 1.807) is 14.2 Å². The number of allylic oxidation sites excluding steroid dienone is 2. The van der Waals surface area contributed by atoms with Gasteiger partial charge in [0.2, 0.25) is 0 Å². The Labute approximate surface area is 309 Å². The van der Waals surface area contributed by atoms with Crippen LogP contribution in [-0.4, -0.2) is 71.9 Å². The lowest BCUT2D eigenvalue weighted by Gasteiger charge is -2.15. The van der Waals surface area contributed by atoms with Gasteiger partial charge in [-0.3, -0.25) is 20.2 Å². The van der Waals surface area contributed by atoms with Crippen LogP contribution in [0.1, 0.15) is 62.9 Å². The zero-order valence-corrected chi connectivity index (χ0v) is 30.0. The number of carbonyl (C=O) groups is 2. The zero-order valence-electron chi connectivity index (χ0n) is 30.0. The molecule has 0 amide bonds. The summed E-state index contributed by atoms with van der Waals surface area (Å²) in [7, 11) is 3.24. The molecule has 0 spiro atoms. The number of carboxylic acids is 2. The van der Waals surface area contributed by atoms with Crippen molar-refractivity contribution in [1.82, 2.24) is 10.6 Å². The van der Waals surface area contributed by atoms with E-state index in [-0.39, 0.29) is 6.54 Å². The molecule has 6 rings (SSSR count). The molecule has 0 heterocycles. The van der Waals surface area contributed by atoms with Gasteiger partial charge in [0, 0.05) is 25.8 Å². The molecule has 0 bridgehead atoms. The Kier molecular flexibility index (Phi) is 12.2. The molecule has 0 aromatic heterocycles. The lowest BCUT2D eigenvalue weighted by atomic mass is 9.91. The van der Waals surface area contributed by atoms with Gasteiger partial charge in [-0.15, -0.1) is 0 Å². The Morgan fingerprint density at radius 3 is 1.64 bits per heavy atom. The third kappa shape index (κ3) is 8.43. The summed E-state index contributed by atoms with van der Waals surface area (Å²) in [4.78, 5) is 22.7. The maximum Gasteiger partial charge on any atom is 0.323 e. The summed E-state index contributed by atoms with van der Waals surface area (Å²) in [5, 5.41) is 43.1. The van der Waals surface area contributed by atoms with E-state index >= 15 is 0 Å². The van der Waals surface area contributed by atoms with Crippen LogP contribution in [0.2, 0.25) is 0 Å². The van der Waals surface area contributed by atoms with Crippen LogP contribution in [-0.2, 0) is 46.9 Å². The zero-order chi connectivity index (χ0) is 37.5. The average Bonchev–Trinajstić information content (AvgIpc) is 3.77. The molecule has 276 valence electrons. The van der Waals surface area contributed by atoms with Crippen molar-refractivity contribution in [3.05, 3.63) is 123 Å². The number of carboxylic acid groups (broad SMARTS) is 2. The van der Waals surface area contributed by atoms with Gasteiger partial charge in [0.15, 0.2) is 0 Å². The normalized spacial score (nSPS) is 16.1. The van der Waals surface area contributed by atoms with Crippen LogP contribution in [0.15, 0.2) is 72.8 Å². The quantitative estimate of drug-likeness (QED) is 0.0868. The van der Waals surface area contributed by atoms with Gasteiger partial charge in [0.05, 0.1) is 26.9 Å². The number of aliphatic hydroxyl groups excluding tert-OH is 2. The number of hydrogen-bond donors (Lipinski definition) is 6. The average molecular weight is 719 g/mol. The van der Waals surface area contributed by atoms with Crippen molar-refractivity contribution < 1.29 is 39.5 Å². The molecule has 10 nitrogen and oxygen atoms in total. The summed E-state index contributed by atoms with van der Waals surface area (Å²) in [6, 6.07) is 23.1. The third-order valence-corrected chi connectivity index (χ3v) is 10.2. The number of nitrogens with one attached hydrogen (secondary N) is 2. The number of ether oxygens (including phenoxy) is 2. The molecule has 2 aliphatic carbocycles. The molecule has 0 unspecified atom stereocenters. The molecule has 0 saturated carbocycles. The molecule has 6 N–H and O–H groups in total. The molecule has 0 radical (unpaired) electrons. The van der Waals surface area contributed by atoms with E-state index < -0.39 is 37.2 Å². The van der Waals surface area contributed by atoms with Gasteiger partial charge >= 0.3 is 11.9 Å².